The Kier molecular flexibility index (Phi) is 4.20. The third kappa shape index (κ3) is 3.01. The van der Waals surface area contributed by atoms with Crippen molar-refractivity contribution < 1.29 is 14.6 Å². The second-order valence-corrected chi connectivity index (χ2v) is 4.72. The van der Waals surface area contributed by atoms with E-state index >= 15 is 0 Å². The van der Waals surface area contributed by atoms with Crippen LogP contribution >= 0.6 is 0 Å². The summed E-state index contributed by atoms with van der Waals surface area (Å²) in [6.07, 6.45) is 1.00. The molecule has 98 valence electrons. The van der Waals surface area contributed by atoms with Crippen molar-refractivity contribution in [2.45, 2.75) is 19.4 Å². The zero-order chi connectivity index (χ0) is 13.0. The lowest BCUT2D eigenvalue weighted by Crippen LogP contribution is -2.42. The van der Waals surface area contributed by atoms with Crippen LogP contribution in [0.25, 0.3) is 0 Å². The first-order valence-electron chi connectivity index (χ1n) is 6.29. The van der Waals surface area contributed by atoms with E-state index in [9.17, 15) is 4.79 Å². The van der Waals surface area contributed by atoms with Crippen molar-refractivity contribution >= 4 is 11.7 Å². The number of aliphatic carboxylic acids is 1. The van der Waals surface area contributed by atoms with Crippen LogP contribution in [-0.2, 0) is 9.53 Å². The second kappa shape index (κ2) is 5.87. The highest BCUT2D eigenvalue weighted by molar-refractivity contribution is 5.74. The maximum Gasteiger partial charge on any atom is 0.323 e. The number of carboxylic acids is 1. The van der Waals surface area contributed by atoms with E-state index in [0.717, 1.165) is 25.3 Å². The molecule has 1 aliphatic heterocycles. The van der Waals surface area contributed by atoms with Crippen molar-refractivity contribution in [3.05, 3.63) is 30.3 Å². The first-order valence-corrected chi connectivity index (χ1v) is 6.29. The lowest BCUT2D eigenvalue weighted by molar-refractivity contribution is -0.135. The fourth-order valence-electron chi connectivity index (χ4n) is 2.42. The molecule has 2 rings (SSSR count). The highest BCUT2D eigenvalue weighted by atomic mass is 16.5. The summed E-state index contributed by atoms with van der Waals surface area (Å²) in [6.45, 7) is 3.62. The summed E-state index contributed by atoms with van der Waals surface area (Å²) in [6, 6.07) is 9.88. The molecule has 4 nitrogen and oxygen atoms in total. The summed E-state index contributed by atoms with van der Waals surface area (Å²) in [4.78, 5) is 13.0. The van der Waals surface area contributed by atoms with Gasteiger partial charge in [0.1, 0.15) is 6.54 Å². The molecule has 0 amide bonds. The lowest BCUT2D eigenvalue weighted by Gasteiger charge is -2.33. The van der Waals surface area contributed by atoms with Crippen LogP contribution in [0.4, 0.5) is 5.69 Å². The third-order valence-corrected chi connectivity index (χ3v) is 3.53. The number of anilines is 1. The van der Waals surface area contributed by atoms with E-state index in [0.29, 0.717) is 5.92 Å². The number of rotatable bonds is 5. The lowest BCUT2D eigenvalue weighted by atomic mass is 9.98. The molecule has 0 bridgehead atoms. The van der Waals surface area contributed by atoms with Gasteiger partial charge in [0, 0.05) is 24.3 Å². The average Bonchev–Trinajstić information content (AvgIpc) is 2.90. The molecule has 0 aromatic heterocycles. The van der Waals surface area contributed by atoms with Gasteiger partial charge in [0.25, 0.3) is 0 Å². The maximum atomic E-state index is 11.0. The van der Waals surface area contributed by atoms with Gasteiger partial charge in [-0.15, -0.1) is 0 Å². The number of hydrogen-bond donors (Lipinski definition) is 1. The van der Waals surface area contributed by atoms with E-state index in [4.69, 9.17) is 9.84 Å². The molecule has 18 heavy (non-hydrogen) atoms. The molecule has 0 aliphatic carbocycles. The van der Waals surface area contributed by atoms with Crippen molar-refractivity contribution in [1.82, 2.24) is 0 Å². The van der Waals surface area contributed by atoms with Crippen LogP contribution in [0.5, 0.6) is 0 Å². The Morgan fingerprint density at radius 3 is 2.78 bits per heavy atom. The summed E-state index contributed by atoms with van der Waals surface area (Å²) in [5.41, 5.74) is 0.958. The van der Waals surface area contributed by atoms with Crippen LogP contribution in [-0.4, -0.2) is 36.9 Å². The van der Waals surface area contributed by atoms with Crippen LogP contribution in [0.3, 0.4) is 0 Å². The molecule has 1 saturated heterocycles. The van der Waals surface area contributed by atoms with Crippen molar-refractivity contribution in [2.75, 3.05) is 24.7 Å². The van der Waals surface area contributed by atoms with Crippen LogP contribution < -0.4 is 4.90 Å². The fourth-order valence-corrected chi connectivity index (χ4v) is 2.42. The topological polar surface area (TPSA) is 49.8 Å². The Bertz CT molecular complexity index is 387. The Morgan fingerprint density at radius 2 is 2.22 bits per heavy atom. The Hall–Kier alpha value is -1.55. The molecular formula is C14H19NO3. The van der Waals surface area contributed by atoms with Gasteiger partial charge >= 0.3 is 5.97 Å². The number of hydrogen-bond acceptors (Lipinski definition) is 3. The standard InChI is InChI=1S/C14H19NO3/c1-11(12-7-8-18-10-12)15(9-14(16)17)13-5-3-2-4-6-13/h2-6,11-12H,7-10H2,1H3,(H,16,17). The van der Waals surface area contributed by atoms with Gasteiger partial charge in [-0.25, -0.2) is 0 Å². The molecule has 0 saturated carbocycles. The van der Waals surface area contributed by atoms with E-state index in [-0.39, 0.29) is 12.6 Å². The molecule has 0 radical (unpaired) electrons. The average molecular weight is 249 g/mol. The largest absolute Gasteiger partial charge is 0.480 e. The summed E-state index contributed by atoms with van der Waals surface area (Å²) < 4.78 is 5.40. The number of carboxylic acid groups (broad SMARTS) is 1. The van der Waals surface area contributed by atoms with Gasteiger partial charge in [0.15, 0.2) is 0 Å². The molecule has 4 heteroatoms. The second-order valence-electron chi connectivity index (χ2n) is 4.72. The zero-order valence-electron chi connectivity index (χ0n) is 10.6. The Balaban J connectivity index is 2.16. The molecule has 1 aromatic carbocycles. The number of ether oxygens (including phenoxy) is 1. The molecule has 0 spiro atoms. The minimum absolute atomic E-state index is 0.0294. The van der Waals surface area contributed by atoms with Crippen LogP contribution in [0.2, 0.25) is 0 Å². The van der Waals surface area contributed by atoms with Crippen molar-refractivity contribution in [3.63, 3.8) is 0 Å². The molecule has 1 heterocycles. The number of para-hydroxylation sites is 1. The van der Waals surface area contributed by atoms with Gasteiger partial charge in [-0.05, 0) is 25.5 Å². The highest BCUT2D eigenvalue weighted by Gasteiger charge is 2.28. The van der Waals surface area contributed by atoms with E-state index in [1.165, 1.54) is 0 Å². The van der Waals surface area contributed by atoms with Gasteiger partial charge in [-0.2, -0.15) is 0 Å². The third-order valence-electron chi connectivity index (χ3n) is 3.53. The van der Waals surface area contributed by atoms with Crippen LogP contribution in [0, 0.1) is 5.92 Å². The summed E-state index contributed by atoms with van der Waals surface area (Å²) >= 11 is 0. The van der Waals surface area contributed by atoms with Gasteiger partial charge in [-0.1, -0.05) is 18.2 Å². The quantitative estimate of drug-likeness (QED) is 0.867. The van der Waals surface area contributed by atoms with Crippen LogP contribution in [0.15, 0.2) is 30.3 Å². The SMILES string of the molecule is CC(C1CCOC1)N(CC(=O)O)c1ccccc1. The van der Waals surface area contributed by atoms with E-state index < -0.39 is 5.97 Å². The van der Waals surface area contributed by atoms with Crippen molar-refractivity contribution in [3.8, 4) is 0 Å². The molecule has 1 fully saturated rings. The van der Waals surface area contributed by atoms with Crippen LogP contribution in [0.1, 0.15) is 13.3 Å². The van der Waals surface area contributed by atoms with E-state index in [2.05, 4.69) is 6.92 Å². The van der Waals surface area contributed by atoms with Crippen molar-refractivity contribution in [2.24, 2.45) is 5.92 Å². The molecule has 2 unspecified atom stereocenters. The van der Waals surface area contributed by atoms with Crippen molar-refractivity contribution in [1.29, 1.82) is 0 Å². The predicted molar refractivity (Wildman–Crippen MR) is 69.8 cm³/mol. The minimum Gasteiger partial charge on any atom is -0.480 e. The highest BCUT2D eigenvalue weighted by Crippen LogP contribution is 2.25. The maximum absolute atomic E-state index is 11.0. The first-order chi connectivity index (χ1) is 8.68. The smallest absolute Gasteiger partial charge is 0.323 e. The van der Waals surface area contributed by atoms with Gasteiger partial charge in [-0.3, -0.25) is 4.79 Å². The minimum atomic E-state index is -0.801. The van der Waals surface area contributed by atoms with E-state index in [1.807, 2.05) is 35.2 Å². The number of nitrogens with zero attached hydrogens (tertiary/aromatic N) is 1. The summed E-state index contributed by atoms with van der Waals surface area (Å²) in [5, 5.41) is 9.06. The molecule has 1 N–H and O–H groups in total. The summed E-state index contributed by atoms with van der Waals surface area (Å²) in [5.74, 6) is -0.394. The fraction of sp³-hybridized carbons (Fsp3) is 0.500. The zero-order valence-corrected chi connectivity index (χ0v) is 10.6. The summed E-state index contributed by atoms with van der Waals surface area (Å²) in [7, 11) is 0. The van der Waals surface area contributed by atoms with E-state index in [1.54, 1.807) is 0 Å². The molecular weight excluding hydrogens is 230 g/mol. The Labute approximate surface area is 107 Å². The normalized spacial score (nSPS) is 20.6. The van der Waals surface area contributed by atoms with Gasteiger partial charge in [0.05, 0.1) is 6.61 Å². The number of carbonyl (C=O) groups is 1. The molecule has 1 aromatic rings. The number of benzene rings is 1. The predicted octanol–water partition coefficient (Wildman–Crippen LogP) is 2.00. The molecule has 1 aliphatic rings. The first kappa shape index (κ1) is 12.9. The van der Waals surface area contributed by atoms with Gasteiger partial charge < -0.3 is 14.7 Å². The Morgan fingerprint density at radius 1 is 1.50 bits per heavy atom. The van der Waals surface area contributed by atoms with Gasteiger partial charge in [0.2, 0.25) is 0 Å². The molecule has 2 atom stereocenters. The monoisotopic (exact) mass is 249 g/mol.